The average molecular weight is 391 g/mol. The van der Waals surface area contributed by atoms with E-state index in [9.17, 15) is 34.9 Å². The zero-order valence-corrected chi connectivity index (χ0v) is 14.0. The van der Waals surface area contributed by atoms with E-state index in [1.165, 1.54) is 11.8 Å². The molecule has 0 aliphatic carbocycles. The lowest BCUT2D eigenvalue weighted by molar-refractivity contribution is -0.179. The number of nitrogens with zero attached hydrogens (tertiary/aromatic N) is 1. The van der Waals surface area contributed by atoms with Crippen LogP contribution in [0.1, 0.15) is 18.4 Å². The third kappa shape index (κ3) is 5.08. The number of halogens is 7. The van der Waals surface area contributed by atoms with Crippen LogP contribution in [-0.2, 0) is 10.8 Å². The number of rotatable bonds is 3. The van der Waals surface area contributed by atoms with Crippen molar-refractivity contribution in [2.45, 2.75) is 37.0 Å². The minimum atomic E-state index is -4.64. The summed E-state index contributed by atoms with van der Waals surface area (Å²) in [5, 5.41) is 0. The van der Waals surface area contributed by atoms with Crippen LogP contribution in [0.2, 0.25) is 0 Å². The van der Waals surface area contributed by atoms with Crippen LogP contribution in [0.4, 0.5) is 36.4 Å². The molecule has 1 aromatic rings. The third-order valence-corrected chi connectivity index (χ3v) is 5.60. The second-order valence-corrected chi connectivity index (χ2v) is 7.40. The molecule has 2 rings (SSSR count). The number of aryl methyl sites for hydroxylation is 1. The Morgan fingerprint density at radius 2 is 1.68 bits per heavy atom. The van der Waals surface area contributed by atoms with Gasteiger partial charge in [0.1, 0.15) is 11.6 Å². The van der Waals surface area contributed by atoms with E-state index < -0.39 is 40.6 Å². The van der Waals surface area contributed by atoms with Crippen molar-refractivity contribution < 1.29 is 34.9 Å². The van der Waals surface area contributed by atoms with Gasteiger partial charge in [-0.2, -0.15) is 26.3 Å². The van der Waals surface area contributed by atoms with Gasteiger partial charge >= 0.3 is 12.4 Å². The molecule has 0 bridgehead atoms. The van der Waals surface area contributed by atoms with Crippen molar-refractivity contribution >= 4 is 16.5 Å². The normalized spacial score (nSPS) is 18.5. The van der Waals surface area contributed by atoms with Crippen molar-refractivity contribution in [3.8, 4) is 0 Å². The molecule has 2 nitrogen and oxygen atoms in total. The Morgan fingerprint density at radius 1 is 1.12 bits per heavy atom. The number of anilines is 1. The van der Waals surface area contributed by atoms with E-state index in [2.05, 4.69) is 0 Å². The summed E-state index contributed by atoms with van der Waals surface area (Å²) in [6.45, 7) is 1.19. The molecular weight excluding hydrogens is 375 g/mol. The first-order chi connectivity index (χ1) is 11.4. The molecule has 1 atom stereocenters. The van der Waals surface area contributed by atoms with Crippen LogP contribution in [-0.4, -0.2) is 35.4 Å². The lowest BCUT2D eigenvalue weighted by Crippen LogP contribution is -2.39. The first kappa shape index (κ1) is 20.0. The summed E-state index contributed by atoms with van der Waals surface area (Å²) in [7, 11) is -2.41. The molecule has 1 fully saturated rings. The standard InChI is InChI=1S/C15H16F7NOS/c1-9-6-11(16)12(7-13(9)25(24)8-14(17,18)19)23-4-2-10(3-5-23)15(20,21)22/h6-7,10H,2-5,8H2,1H3. The maximum absolute atomic E-state index is 14.2. The van der Waals surface area contributed by atoms with Crippen LogP contribution >= 0.6 is 0 Å². The van der Waals surface area contributed by atoms with Crippen molar-refractivity contribution in [3.05, 3.63) is 23.5 Å². The second-order valence-electron chi connectivity index (χ2n) is 5.98. The van der Waals surface area contributed by atoms with Crippen LogP contribution in [0.15, 0.2) is 17.0 Å². The highest BCUT2D eigenvalue weighted by molar-refractivity contribution is 7.85. The number of benzene rings is 1. The van der Waals surface area contributed by atoms with Gasteiger partial charge in [0.2, 0.25) is 0 Å². The molecule has 10 heteroatoms. The van der Waals surface area contributed by atoms with Crippen LogP contribution in [0.5, 0.6) is 0 Å². The molecule has 0 aromatic heterocycles. The summed E-state index contributed by atoms with van der Waals surface area (Å²) >= 11 is 0. The quantitative estimate of drug-likeness (QED) is 0.703. The van der Waals surface area contributed by atoms with Crippen molar-refractivity contribution in [1.82, 2.24) is 0 Å². The van der Waals surface area contributed by atoms with Crippen molar-refractivity contribution in [3.63, 3.8) is 0 Å². The summed E-state index contributed by atoms with van der Waals surface area (Å²) in [4.78, 5) is 1.19. The van der Waals surface area contributed by atoms with Crippen LogP contribution in [0, 0.1) is 18.7 Å². The highest BCUT2D eigenvalue weighted by Gasteiger charge is 2.41. The van der Waals surface area contributed by atoms with E-state index in [4.69, 9.17) is 0 Å². The smallest absolute Gasteiger partial charge is 0.369 e. The molecule has 1 aliphatic heterocycles. The van der Waals surface area contributed by atoms with Crippen LogP contribution < -0.4 is 4.90 Å². The second kappa shape index (κ2) is 7.13. The van der Waals surface area contributed by atoms with Crippen LogP contribution in [0.3, 0.4) is 0 Å². The van der Waals surface area contributed by atoms with Gasteiger partial charge in [0, 0.05) is 18.0 Å². The zero-order chi connectivity index (χ0) is 19.0. The maximum Gasteiger partial charge on any atom is 0.400 e. The minimum absolute atomic E-state index is 0.0739. The maximum atomic E-state index is 14.2. The fourth-order valence-electron chi connectivity index (χ4n) is 2.80. The number of hydrogen-bond donors (Lipinski definition) is 0. The van der Waals surface area contributed by atoms with Gasteiger partial charge in [-0.25, -0.2) is 4.39 Å². The lowest BCUT2D eigenvalue weighted by atomic mass is 9.96. The van der Waals surface area contributed by atoms with Gasteiger partial charge in [-0.1, -0.05) is 0 Å². The van der Waals surface area contributed by atoms with Crippen LogP contribution in [0.25, 0.3) is 0 Å². The van der Waals surface area contributed by atoms with E-state index >= 15 is 0 Å². The Balaban J connectivity index is 2.22. The summed E-state index contributed by atoms with van der Waals surface area (Å²) in [5.74, 6) is -3.79. The molecule has 0 radical (unpaired) electrons. The minimum Gasteiger partial charge on any atom is -0.369 e. The van der Waals surface area contributed by atoms with E-state index in [1.807, 2.05) is 0 Å². The summed E-state index contributed by atoms with van der Waals surface area (Å²) in [5.41, 5.74) is -0.00856. The Labute approximate surface area is 142 Å². The van der Waals surface area contributed by atoms with Gasteiger partial charge in [0.05, 0.1) is 22.4 Å². The van der Waals surface area contributed by atoms with Gasteiger partial charge in [0.15, 0.2) is 0 Å². The predicted molar refractivity (Wildman–Crippen MR) is 79.5 cm³/mol. The SMILES string of the molecule is Cc1cc(F)c(N2CCC(C(F)(F)F)CC2)cc1S(=O)CC(F)(F)F. The molecule has 1 aromatic carbocycles. The molecule has 0 amide bonds. The fraction of sp³-hybridized carbons (Fsp3) is 0.600. The Morgan fingerprint density at radius 3 is 2.16 bits per heavy atom. The fourth-order valence-corrected chi connectivity index (χ4v) is 3.92. The zero-order valence-electron chi connectivity index (χ0n) is 13.2. The highest BCUT2D eigenvalue weighted by Crippen LogP contribution is 2.36. The first-order valence-electron chi connectivity index (χ1n) is 7.45. The van der Waals surface area contributed by atoms with E-state index in [0.29, 0.717) is 0 Å². The largest absolute Gasteiger partial charge is 0.400 e. The monoisotopic (exact) mass is 391 g/mol. The molecule has 25 heavy (non-hydrogen) atoms. The molecule has 0 spiro atoms. The van der Waals surface area contributed by atoms with Crippen molar-refractivity contribution in [2.24, 2.45) is 5.92 Å². The first-order valence-corrected chi connectivity index (χ1v) is 8.77. The molecule has 1 saturated heterocycles. The van der Waals surface area contributed by atoms with E-state index in [0.717, 1.165) is 12.1 Å². The molecule has 1 heterocycles. The average Bonchev–Trinajstić information content (AvgIpc) is 2.44. The van der Waals surface area contributed by atoms with Gasteiger partial charge in [-0.15, -0.1) is 0 Å². The number of piperidine rings is 1. The van der Waals surface area contributed by atoms with Gasteiger partial charge in [-0.05, 0) is 37.5 Å². The summed E-state index contributed by atoms with van der Waals surface area (Å²) in [6, 6.07) is 2.02. The molecule has 142 valence electrons. The Kier molecular flexibility index (Phi) is 5.70. The molecule has 1 aliphatic rings. The number of hydrogen-bond acceptors (Lipinski definition) is 2. The van der Waals surface area contributed by atoms with Crippen molar-refractivity contribution in [1.29, 1.82) is 0 Å². The predicted octanol–water partition coefficient (Wildman–Crippen LogP) is 4.58. The topological polar surface area (TPSA) is 20.3 Å². The molecule has 0 saturated carbocycles. The molecule has 0 N–H and O–H groups in total. The van der Waals surface area contributed by atoms with Crippen molar-refractivity contribution in [2.75, 3.05) is 23.7 Å². The third-order valence-electron chi connectivity index (χ3n) is 4.08. The lowest BCUT2D eigenvalue weighted by Gasteiger charge is -2.34. The van der Waals surface area contributed by atoms with Gasteiger partial charge in [-0.3, -0.25) is 4.21 Å². The van der Waals surface area contributed by atoms with E-state index in [1.54, 1.807) is 0 Å². The van der Waals surface area contributed by atoms with E-state index in [-0.39, 0.29) is 42.1 Å². The molecular formula is C15H16F7NOS. The summed E-state index contributed by atoms with van der Waals surface area (Å²) in [6.07, 6.45) is -9.41. The summed E-state index contributed by atoms with van der Waals surface area (Å²) < 4.78 is 101. The highest BCUT2D eigenvalue weighted by atomic mass is 32.2. The van der Waals surface area contributed by atoms with Gasteiger partial charge < -0.3 is 4.90 Å². The Bertz CT molecular complexity index is 649. The number of alkyl halides is 6. The Hall–Kier alpha value is -1.32. The van der Waals surface area contributed by atoms with Gasteiger partial charge in [0.25, 0.3) is 0 Å². The molecule has 1 unspecified atom stereocenters.